The number of fused-ring (bicyclic) bond motifs is 5. The molecule has 8 atom stereocenters. The van der Waals surface area contributed by atoms with E-state index in [9.17, 15) is 14.7 Å². The van der Waals surface area contributed by atoms with E-state index < -0.39 is 11.4 Å². The van der Waals surface area contributed by atoms with Gasteiger partial charge in [0.2, 0.25) is 0 Å². The molecule has 1 heterocycles. The van der Waals surface area contributed by atoms with Gasteiger partial charge in [0.1, 0.15) is 12.0 Å². The molecular weight excluding hydrogens is 426 g/mol. The van der Waals surface area contributed by atoms with E-state index in [2.05, 4.69) is 25.8 Å². The van der Waals surface area contributed by atoms with E-state index in [1.807, 2.05) is 24.3 Å². The van der Waals surface area contributed by atoms with Crippen molar-refractivity contribution in [3.05, 3.63) is 29.8 Å². The highest BCUT2D eigenvalue weighted by Gasteiger charge is 2.68. The number of aliphatic carboxylic acids is 1. The molecule has 186 valence electrons. The number of ether oxygens (including phenoxy) is 1. The van der Waals surface area contributed by atoms with E-state index in [0.717, 1.165) is 49.7 Å². The van der Waals surface area contributed by atoms with Crippen LogP contribution in [0.5, 0.6) is 5.75 Å². The summed E-state index contributed by atoms with van der Waals surface area (Å²) in [6, 6.07) is 8.73. The second kappa shape index (κ2) is 8.36. The summed E-state index contributed by atoms with van der Waals surface area (Å²) in [4.78, 5) is 26.8. The number of methoxy groups -OCH3 is 1. The molecule has 5 rings (SSSR count). The molecule has 1 N–H and O–H groups in total. The topological polar surface area (TPSA) is 66.8 Å². The van der Waals surface area contributed by atoms with Crippen molar-refractivity contribution < 1.29 is 19.4 Å². The maximum Gasteiger partial charge on any atom is 0.314 e. The number of hydrogen-bond donors (Lipinski definition) is 1. The summed E-state index contributed by atoms with van der Waals surface area (Å²) in [5, 5.41) is 10.7. The van der Waals surface area contributed by atoms with Gasteiger partial charge in [0.15, 0.2) is 0 Å². The Morgan fingerprint density at radius 2 is 1.76 bits per heavy atom. The summed E-state index contributed by atoms with van der Waals surface area (Å²) in [6.07, 6.45) is 10.2. The lowest BCUT2D eigenvalue weighted by Crippen LogP contribution is -2.63. The number of rotatable bonds is 5. The smallest absolute Gasteiger partial charge is 0.314 e. The number of benzene rings is 1. The predicted molar refractivity (Wildman–Crippen MR) is 132 cm³/mol. The Morgan fingerprint density at radius 3 is 2.41 bits per heavy atom. The van der Waals surface area contributed by atoms with Gasteiger partial charge in [-0.3, -0.25) is 9.69 Å². The largest absolute Gasteiger partial charge is 0.497 e. The molecule has 4 fully saturated rings. The van der Waals surface area contributed by atoms with Gasteiger partial charge in [-0.05, 0) is 105 Å². The Bertz CT molecular complexity index is 946. The number of carbonyl (C=O) groups excluding carboxylic acids is 1. The van der Waals surface area contributed by atoms with Crippen molar-refractivity contribution in [2.45, 2.75) is 89.1 Å². The van der Waals surface area contributed by atoms with Gasteiger partial charge >= 0.3 is 5.97 Å². The van der Waals surface area contributed by atoms with E-state index in [1.165, 1.54) is 19.3 Å². The zero-order chi connectivity index (χ0) is 24.3. The van der Waals surface area contributed by atoms with Crippen LogP contribution in [0.1, 0.15) is 77.2 Å². The van der Waals surface area contributed by atoms with Crippen LogP contribution in [0, 0.1) is 28.6 Å². The molecule has 0 radical (unpaired) electrons. The fraction of sp³-hybridized carbons (Fsp3) is 0.724. The minimum atomic E-state index is -0.828. The van der Waals surface area contributed by atoms with E-state index in [1.54, 1.807) is 7.11 Å². The molecule has 1 aromatic rings. The maximum atomic E-state index is 13.1. The average Bonchev–Trinajstić information content (AvgIpc) is 3.15. The average molecular weight is 468 g/mol. The zero-order valence-electron chi connectivity index (χ0n) is 21.3. The predicted octanol–water partition coefficient (Wildman–Crippen LogP) is 5.31. The Kier molecular flexibility index (Phi) is 5.86. The molecule has 1 aliphatic heterocycles. The van der Waals surface area contributed by atoms with Crippen LogP contribution in [-0.4, -0.2) is 48.5 Å². The van der Waals surface area contributed by atoms with Crippen molar-refractivity contribution in [3.63, 3.8) is 0 Å². The van der Waals surface area contributed by atoms with Gasteiger partial charge < -0.3 is 14.6 Å². The second-order valence-electron chi connectivity index (χ2n) is 12.2. The third-order valence-corrected chi connectivity index (χ3v) is 11.4. The number of hydrogen-bond acceptors (Lipinski definition) is 4. The molecule has 5 nitrogen and oxygen atoms in total. The summed E-state index contributed by atoms with van der Waals surface area (Å²) >= 11 is 0. The third kappa shape index (κ3) is 3.08. The maximum absolute atomic E-state index is 13.1. The van der Waals surface area contributed by atoms with Crippen LogP contribution in [0.3, 0.4) is 0 Å². The molecule has 5 heteroatoms. The standard InChI is InChI=1S/C29H41NO4/c1-27-15-11-20(14-18-31)30(3)25(27)10-9-22-23(27)12-16-28(2)24(22)13-17-29(28,26(32)33)19-5-7-21(34-4)8-6-19/h5-8,18,20,22-25H,9-17H2,1-4H3,(H,32,33)/t20?,22-,23-,24+,25?,27-,28+,29?/m1/s1. The van der Waals surface area contributed by atoms with Crippen molar-refractivity contribution in [1.29, 1.82) is 0 Å². The summed E-state index contributed by atoms with van der Waals surface area (Å²) < 4.78 is 5.35. The fourth-order valence-corrected chi connectivity index (χ4v) is 9.65. The first-order chi connectivity index (χ1) is 16.2. The van der Waals surface area contributed by atoms with Crippen LogP contribution < -0.4 is 4.74 Å². The minimum absolute atomic E-state index is 0.238. The number of aldehydes is 1. The molecule has 1 saturated heterocycles. The molecule has 4 aliphatic rings. The molecule has 3 unspecified atom stereocenters. The van der Waals surface area contributed by atoms with Gasteiger partial charge in [0.05, 0.1) is 12.5 Å². The first-order valence-electron chi connectivity index (χ1n) is 13.3. The fourth-order valence-electron chi connectivity index (χ4n) is 9.65. The number of carboxylic acids is 1. The zero-order valence-corrected chi connectivity index (χ0v) is 21.3. The van der Waals surface area contributed by atoms with E-state index in [-0.39, 0.29) is 10.8 Å². The van der Waals surface area contributed by atoms with Crippen LogP contribution >= 0.6 is 0 Å². The third-order valence-electron chi connectivity index (χ3n) is 11.4. The van der Waals surface area contributed by atoms with Crippen molar-refractivity contribution in [2.24, 2.45) is 28.6 Å². The highest BCUT2D eigenvalue weighted by atomic mass is 16.5. The van der Waals surface area contributed by atoms with Crippen LogP contribution in [0.15, 0.2) is 24.3 Å². The SMILES string of the molecule is COc1ccc(C2(C(=O)O)CC[C@H]3[C@@H]4CCC5N(C)C(CC=O)CC[C@]5(C)[C@@H]4CC[C@@]32C)cc1. The molecule has 3 saturated carbocycles. The normalized spacial score (nSPS) is 43.9. The van der Waals surface area contributed by atoms with Gasteiger partial charge in [-0.25, -0.2) is 0 Å². The number of carboxylic acid groups (broad SMARTS) is 1. The summed E-state index contributed by atoms with van der Waals surface area (Å²) in [6.45, 7) is 4.80. The van der Waals surface area contributed by atoms with Crippen molar-refractivity contribution in [2.75, 3.05) is 14.2 Å². The molecular formula is C29H41NO4. The summed E-state index contributed by atoms with van der Waals surface area (Å²) in [5.41, 5.74) is 0.134. The lowest BCUT2D eigenvalue weighted by atomic mass is 9.44. The lowest BCUT2D eigenvalue weighted by molar-refractivity contribution is -0.160. The Balaban J connectivity index is 1.47. The Labute approximate surface area is 204 Å². The number of nitrogens with zero attached hydrogens (tertiary/aromatic N) is 1. The van der Waals surface area contributed by atoms with Crippen molar-refractivity contribution >= 4 is 12.3 Å². The van der Waals surface area contributed by atoms with E-state index in [0.29, 0.717) is 36.3 Å². The monoisotopic (exact) mass is 467 g/mol. The van der Waals surface area contributed by atoms with E-state index in [4.69, 9.17) is 4.74 Å². The molecule has 0 spiro atoms. The second-order valence-corrected chi connectivity index (χ2v) is 12.2. The van der Waals surface area contributed by atoms with E-state index >= 15 is 0 Å². The first kappa shape index (κ1) is 23.8. The summed E-state index contributed by atoms with van der Waals surface area (Å²) in [5.74, 6) is 1.79. The van der Waals surface area contributed by atoms with Crippen molar-refractivity contribution in [3.8, 4) is 5.75 Å². The van der Waals surface area contributed by atoms with Crippen LogP contribution in [-0.2, 0) is 15.0 Å². The molecule has 0 aromatic heterocycles. The molecule has 0 bridgehead atoms. The Morgan fingerprint density at radius 1 is 1.06 bits per heavy atom. The number of piperidine rings is 1. The number of carbonyl (C=O) groups is 2. The first-order valence-corrected chi connectivity index (χ1v) is 13.3. The van der Waals surface area contributed by atoms with Gasteiger partial charge in [0, 0.05) is 18.5 Å². The molecule has 0 amide bonds. The quantitative estimate of drug-likeness (QED) is 0.594. The highest BCUT2D eigenvalue weighted by molar-refractivity contribution is 5.83. The van der Waals surface area contributed by atoms with Crippen molar-refractivity contribution in [1.82, 2.24) is 4.90 Å². The van der Waals surface area contributed by atoms with Gasteiger partial charge in [0.25, 0.3) is 0 Å². The van der Waals surface area contributed by atoms with Crippen LogP contribution in [0.2, 0.25) is 0 Å². The van der Waals surface area contributed by atoms with Crippen LogP contribution in [0.4, 0.5) is 0 Å². The lowest BCUT2D eigenvalue weighted by Gasteiger charge is -2.63. The van der Waals surface area contributed by atoms with Crippen LogP contribution in [0.25, 0.3) is 0 Å². The Hall–Kier alpha value is -1.88. The molecule has 34 heavy (non-hydrogen) atoms. The van der Waals surface area contributed by atoms with Gasteiger partial charge in [-0.1, -0.05) is 26.0 Å². The van der Waals surface area contributed by atoms with Gasteiger partial charge in [-0.15, -0.1) is 0 Å². The number of likely N-dealkylation sites (tertiary alicyclic amines) is 1. The molecule has 1 aromatic carbocycles. The highest BCUT2D eigenvalue weighted by Crippen LogP contribution is 2.70. The van der Waals surface area contributed by atoms with Gasteiger partial charge in [-0.2, -0.15) is 0 Å². The molecule has 3 aliphatic carbocycles. The minimum Gasteiger partial charge on any atom is -0.497 e. The summed E-state index contributed by atoms with van der Waals surface area (Å²) in [7, 11) is 3.88.